The van der Waals surface area contributed by atoms with Gasteiger partial charge in [-0.15, -0.1) is 11.3 Å². The molecule has 0 bridgehead atoms. The van der Waals surface area contributed by atoms with E-state index in [4.69, 9.17) is 0 Å². The van der Waals surface area contributed by atoms with E-state index in [2.05, 4.69) is 9.82 Å². The molecule has 0 N–H and O–H groups in total. The number of hydrogen-bond acceptors (Lipinski definition) is 7. The SMILES string of the molecule is Cc1csc(S(=O)(=O)N2CCN(OC(=O)C(F)(F)F)C(=O)C2)n1. The molecule has 0 radical (unpaired) electrons. The van der Waals surface area contributed by atoms with Crippen molar-refractivity contribution in [3.05, 3.63) is 11.1 Å². The average Bonchev–Trinajstić information content (AvgIpc) is 2.87. The predicted molar refractivity (Wildman–Crippen MR) is 69.5 cm³/mol. The van der Waals surface area contributed by atoms with Gasteiger partial charge in [-0.1, -0.05) is 0 Å². The van der Waals surface area contributed by atoms with Crippen molar-refractivity contribution >= 4 is 33.2 Å². The van der Waals surface area contributed by atoms with Crippen molar-refractivity contribution in [1.82, 2.24) is 14.4 Å². The molecule has 1 fully saturated rings. The lowest BCUT2D eigenvalue weighted by Gasteiger charge is -2.31. The van der Waals surface area contributed by atoms with Crippen LogP contribution in [0.3, 0.4) is 0 Å². The summed E-state index contributed by atoms with van der Waals surface area (Å²) in [4.78, 5) is 30.1. The highest BCUT2D eigenvalue weighted by atomic mass is 32.2. The third kappa shape index (κ3) is 3.79. The van der Waals surface area contributed by atoms with E-state index in [1.165, 1.54) is 5.38 Å². The van der Waals surface area contributed by atoms with Gasteiger partial charge >= 0.3 is 12.1 Å². The highest BCUT2D eigenvalue weighted by Crippen LogP contribution is 2.23. The first-order chi connectivity index (χ1) is 10.5. The molecule has 1 aromatic rings. The van der Waals surface area contributed by atoms with E-state index >= 15 is 0 Å². The van der Waals surface area contributed by atoms with E-state index in [1.807, 2.05) is 0 Å². The maximum Gasteiger partial charge on any atom is 0.493 e. The molecule has 23 heavy (non-hydrogen) atoms. The molecule has 1 aliphatic heterocycles. The Kier molecular flexibility index (Phi) is 4.64. The van der Waals surface area contributed by atoms with Gasteiger partial charge in [0.1, 0.15) is 0 Å². The van der Waals surface area contributed by atoms with Crippen LogP contribution in [-0.2, 0) is 24.4 Å². The summed E-state index contributed by atoms with van der Waals surface area (Å²) in [5, 5.41) is 1.71. The van der Waals surface area contributed by atoms with Crippen LogP contribution in [0.1, 0.15) is 5.69 Å². The van der Waals surface area contributed by atoms with Crippen molar-refractivity contribution < 1.29 is 36.0 Å². The Balaban J connectivity index is 2.07. The smallest absolute Gasteiger partial charge is 0.329 e. The zero-order valence-corrected chi connectivity index (χ0v) is 13.2. The van der Waals surface area contributed by atoms with Gasteiger partial charge in [-0.05, 0) is 6.92 Å². The van der Waals surface area contributed by atoms with Crippen LogP contribution >= 0.6 is 11.3 Å². The molecule has 0 saturated carbocycles. The van der Waals surface area contributed by atoms with Crippen LogP contribution in [0.15, 0.2) is 9.72 Å². The lowest BCUT2D eigenvalue weighted by molar-refractivity contribution is -0.239. The Morgan fingerprint density at radius 1 is 1.39 bits per heavy atom. The summed E-state index contributed by atoms with van der Waals surface area (Å²) in [6, 6.07) is 0. The second-order valence-corrected chi connectivity index (χ2v) is 7.44. The highest BCUT2D eigenvalue weighted by molar-refractivity contribution is 7.91. The molecule has 1 amide bonds. The molecule has 0 aromatic carbocycles. The molecule has 0 unspecified atom stereocenters. The summed E-state index contributed by atoms with van der Waals surface area (Å²) in [6.45, 7) is 0.0172. The van der Waals surface area contributed by atoms with Crippen molar-refractivity contribution in [2.24, 2.45) is 0 Å². The maximum atomic E-state index is 12.2. The largest absolute Gasteiger partial charge is 0.493 e. The number of amides is 1. The van der Waals surface area contributed by atoms with Gasteiger partial charge in [-0.3, -0.25) is 4.79 Å². The number of carbonyl (C=O) groups is 2. The molecule has 2 rings (SSSR count). The third-order valence-electron chi connectivity index (χ3n) is 2.73. The molecule has 0 atom stereocenters. The van der Waals surface area contributed by atoms with Gasteiger partial charge in [0.05, 0.1) is 13.1 Å². The quantitative estimate of drug-likeness (QED) is 0.756. The first-order valence-corrected chi connectivity index (χ1v) is 8.35. The molecule has 1 aliphatic rings. The number of hydroxylamine groups is 2. The monoisotopic (exact) mass is 373 g/mol. The van der Waals surface area contributed by atoms with Crippen LogP contribution in [0, 0.1) is 6.92 Å². The number of hydrogen-bond donors (Lipinski definition) is 0. The van der Waals surface area contributed by atoms with Crippen LogP contribution in [0.5, 0.6) is 0 Å². The third-order valence-corrected chi connectivity index (χ3v) is 5.92. The van der Waals surface area contributed by atoms with Crippen molar-refractivity contribution in [3.63, 3.8) is 0 Å². The summed E-state index contributed by atoms with van der Waals surface area (Å²) >= 11 is 0.866. The number of sulfonamides is 1. The summed E-state index contributed by atoms with van der Waals surface area (Å²) in [6.07, 6.45) is -5.25. The van der Waals surface area contributed by atoms with E-state index < -0.39 is 41.2 Å². The van der Waals surface area contributed by atoms with Gasteiger partial charge < -0.3 is 4.84 Å². The fraction of sp³-hybridized carbons (Fsp3) is 0.500. The number of rotatable bonds is 3. The van der Waals surface area contributed by atoms with E-state index in [0.717, 1.165) is 15.6 Å². The van der Waals surface area contributed by atoms with E-state index in [-0.39, 0.29) is 15.9 Å². The van der Waals surface area contributed by atoms with Crippen molar-refractivity contribution in [3.8, 4) is 0 Å². The minimum absolute atomic E-state index is 0.203. The van der Waals surface area contributed by atoms with Gasteiger partial charge in [0.15, 0.2) is 0 Å². The molecule has 2 heterocycles. The average molecular weight is 373 g/mol. The van der Waals surface area contributed by atoms with Crippen molar-refractivity contribution in [2.75, 3.05) is 19.6 Å². The van der Waals surface area contributed by atoms with Crippen LogP contribution < -0.4 is 0 Å². The van der Waals surface area contributed by atoms with Gasteiger partial charge in [0.2, 0.25) is 4.34 Å². The zero-order chi connectivity index (χ0) is 17.4. The minimum Gasteiger partial charge on any atom is -0.329 e. The molecule has 128 valence electrons. The first kappa shape index (κ1) is 17.6. The van der Waals surface area contributed by atoms with Gasteiger partial charge in [-0.25, -0.2) is 18.2 Å². The topological polar surface area (TPSA) is 96.9 Å². The Labute approximate surface area is 132 Å². The summed E-state index contributed by atoms with van der Waals surface area (Å²) < 4.78 is 61.3. The minimum atomic E-state index is -5.25. The molecule has 0 aliphatic carbocycles. The number of thiazole rings is 1. The maximum absolute atomic E-state index is 12.2. The molecule has 8 nitrogen and oxygen atoms in total. The number of piperazine rings is 1. The lowest BCUT2D eigenvalue weighted by atomic mass is 10.4. The van der Waals surface area contributed by atoms with E-state index in [9.17, 15) is 31.2 Å². The van der Waals surface area contributed by atoms with Crippen molar-refractivity contribution in [2.45, 2.75) is 17.4 Å². The van der Waals surface area contributed by atoms with Gasteiger partial charge in [0.25, 0.3) is 15.9 Å². The zero-order valence-electron chi connectivity index (χ0n) is 11.5. The summed E-state index contributed by atoms with van der Waals surface area (Å²) in [5.74, 6) is -3.62. The number of nitrogens with zero attached hydrogens (tertiary/aromatic N) is 3. The first-order valence-electron chi connectivity index (χ1n) is 6.03. The van der Waals surface area contributed by atoms with Crippen molar-refractivity contribution in [1.29, 1.82) is 0 Å². The fourth-order valence-electron chi connectivity index (χ4n) is 1.65. The Bertz CT molecular complexity index is 730. The fourth-order valence-corrected chi connectivity index (χ4v) is 4.20. The van der Waals surface area contributed by atoms with E-state index in [1.54, 1.807) is 6.92 Å². The van der Waals surface area contributed by atoms with Crippen LogP contribution in [0.25, 0.3) is 0 Å². The molecule has 1 aromatic heterocycles. The standard InChI is InChI=1S/C10H10F3N3O5S2/c1-6-5-22-9(14-6)23(19,20)15-2-3-16(7(17)4-15)21-8(18)10(11,12)13/h5H,2-4H2,1H3. The molecule has 0 spiro atoms. The number of carbonyl (C=O) groups excluding carboxylic acids is 2. The van der Waals surface area contributed by atoms with Crippen LogP contribution in [-0.4, -0.2) is 60.5 Å². The second kappa shape index (κ2) is 6.05. The molecule has 1 saturated heterocycles. The highest BCUT2D eigenvalue weighted by Gasteiger charge is 2.44. The molecule has 13 heteroatoms. The predicted octanol–water partition coefficient (Wildman–Crippen LogP) is 0.305. The van der Waals surface area contributed by atoms with Gasteiger partial charge in [-0.2, -0.15) is 22.5 Å². The number of aromatic nitrogens is 1. The van der Waals surface area contributed by atoms with E-state index in [0.29, 0.717) is 5.69 Å². The second-order valence-electron chi connectivity index (χ2n) is 4.47. The number of halogens is 3. The summed E-state index contributed by atoms with van der Waals surface area (Å²) in [5.41, 5.74) is 0.484. The van der Waals surface area contributed by atoms with Crippen LogP contribution in [0.2, 0.25) is 0 Å². The molecular formula is C10H10F3N3O5S2. The van der Waals surface area contributed by atoms with Gasteiger partial charge in [0, 0.05) is 17.6 Å². The number of alkyl halides is 3. The lowest BCUT2D eigenvalue weighted by Crippen LogP contribution is -2.53. The Hall–Kier alpha value is -1.73. The molecular weight excluding hydrogens is 363 g/mol. The van der Waals surface area contributed by atoms with Crippen LogP contribution in [0.4, 0.5) is 13.2 Å². The Morgan fingerprint density at radius 3 is 2.52 bits per heavy atom. The number of aryl methyl sites for hydroxylation is 1. The summed E-state index contributed by atoms with van der Waals surface area (Å²) in [7, 11) is -4.02. The normalized spacial score (nSPS) is 17.4. The Morgan fingerprint density at radius 2 is 2.04 bits per heavy atom.